The highest BCUT2D eigenvalue weighted by Gasteiger charge is 2.31. The maximum absolute atomic E-state index is 12.6. The molecule has 0 aromatic heterocycles. The monoisotopic (exact) mass is 323 g/mol. The summed E-state index contributed by atoms with van der Waals surface area (Å²) >= 11 is 0. The van der Waals surface area contributed by atoms with Crippen molar-refractivity contribution in [2.75, 3.05) is 5.73 Å². The third-order valence-electron chi connectivity index (χ3n) is 2.85. The zero-order valence-electron chi connectivity index (χ0n) is 11.3. The first kappa shape index (κ1) is 16.1. The van der Waals surface area contributed by atoms with Crippen LogP contribution in [0.15, 0.2) is 36.4 Å². The van der Waals surface area contributed by atoms with Crippen molar-refractivity contribution < 1.29 is 22.8 Å². The van der Waals surface area contributed by atoms with E-state index in [1.54, 1.807) is 6.07 Å². The number of nitro benzene ring substituents is 1. The zero-order chi connectivity index (χ0) is 17.2. The Balaban J connectivity index is 2.36. The third-order valence-corrected chi connectivity index (χ3v) is 2.85. The number of nitro groups is 1. The number of nitrogens with zero attached hydrogens (tertiary/aromatic N) is 2. The molecule has 2 aromatic carbocycles. The molecule has 9 heteroatoms. The Morgan fingerprint density at radius 3 is 2.43 bits per heavy atom. The maximum Gasteiger partial charge on any atom is 0.416 e. The molecule has 0 aliphatic heterocycles. The van der Waals surface area contributed by atoms with Gasteiger partial charge in [0.1, 0.15) is 23.3 Å². The lowest BCUT2D eigenvalue weighted by molar-refractivity contribution is -0.383. The van der Waals surface area contributed by atoms with Crippen molar-refractivity contribution in [2.45, 2.75) is 6.18 Å². The number of anilines is 1. The number of nitriles is 1. The molecule has 0 saturated carbocycles. The number of nitrogens with two attached hydrogens (primary N) is 1. The summed E-state index contributed by atoms with van der Waals surface area (Å²) in [5.41, 5.74) is 3.69. The van der Waals surface area contributed by atoms with Crippen LogP contribution < -0.4 is 10.5 Å². The third kappa shape index (κ3) is 3.49. The van der Waals surface area contributed by atoms with Crippen molar-refractivity contribution in [1.82, 2.24) is 0 Å². The normalized spacial score (nSPS) is 10.9. The van der Waals surface area contributed by atoms with Gasteiger partial charge in [-0.15, -0.1) is 0 Å². The standard InChI is InChI=1S/C14H8F3N3O3/c15-14(16,17)9-1-4-13(8(5-9)7-18)23-10-2-3-12(20(21)22)11(19)6-10/h1-6H,19H2. The molecule has 2 rings (SSSR count). The van der Waals surface area contributed by atoms with Gasteiger partial charge in [0.15, 0.2) is 0 Å². The Morgan fingerprint density at radius 1 is 1.22 bits per heavy atom. The van der Waals surface area contributed by atoms with Crippen LogP contribution in [0.25, 0.3) is 0 Å². The van der Waals surface area contributed by atoms with Crippen LogP contribution >= 0.6 is 0 Å². The molecule has 0 fully saturated rings. The van der Waals surface area contributed by atoms with E-state index < -0.39 is 16.7 Å². The summed E-state index contributed by atoms with van der Waals surface area (Å²) in [5, 5.41) is 19.6. The maximum atomic E-state index is 12.6. The van der Waals surface area contributed by atoms with Crippen molar-refractivity contribution in [3.63, 3.8) is 0 Å². The fourth-order valence-electron chi connectivity index (χ4n) is 1.77. The minimum Gasteiger partial charge on any atom is -0.456 e. The predicted molar refractivity (Wildman–Crippen MR) is 73.7 cm³/mol. The van der Waals surface area contributed by atoms with Gasteiger partial charge >= 0.3 is 6.18 Å². The number of hydrogen-bond donors (Lipinski definition) is 1. The Kier molecular flexibility index (Phi) is 4.09. The van der Waals surface area contributed by atoms with Crippen LogP contribution in [0.5, 0.6) is 11.5 Å². The molecule has 2 N–H and O–H groups in total. The number of rotatable bonds is 3. The molecule has 0 aliphatic rings. The van der Waals surface area contributed by atoms with Crippen LogP contribution in [0.1, 0.15) is 11.1 Å². The molecule has 23 heavy (non-hydrogen) atoms. The highest BCUT2D eigenvalue weighted by molar-refractivity contribution is 5.61. The van der Waals surface area contributed by atoms with E-state index >= 15 is 0 Å². The number of benzene rings is 2. The van der Waals surface area contributed by atoms with Gasteiger partial charge in [-0.1, -0.05) is 0 Å². The molecule has 2 aromatic rings. The summed E-state index contributed by atoms with van der Waals surface area (Å²) < 4.78 is 43.1. The van der Waals surface area contributed by atoms with Crippen molar-refractivity contribution in [1.29, 1.82) is 5.26 Å². The van der Waals surface area contributed by atoms with Gasteiger partial charge in [-0.3, -0.25) is 10.1 Å². The Bertz CT molecular complexity index is 813. The first-order valence-corrected chi connectivity index (χ1v) is 6.05. The molecule has 0 radical (unpaired) electrons. The summed E-state index contributed by atoms with van der Waals surface area (Å²) in [4.78, 5) is 9.98. The van der Waals surface area contributed by atoms with Crippen LogP contribution in [0.2, 0.25) is 0 Å². The number of nitrogen functional groups attached to an aromatic ring is 1. The van der Waals surface area contributed by atoms with Crippen molar-refractivity contribution in [3.05, 3.63) is 57.6 Å². The summed E-state index contributed by atoms with van der Waals surface area (Å²) in [7, 11) is 0. The van der Waals surface area contributed by atoms with E-state index in [2.05, 4.69) is 0 Å². The van der Waals surface area contributed by atoms with Gasteiger partial charge in [0.25, 0.3) is 5.69 Å². The number of ether oxygens (including phenoxy) is 1. The summed E-state index contributed by atoms with van der Waals surface area (Å²) in [5.74, 6) is -0.0573. The van der Waals surface area contributed by atoms with E-state index in [0.717, 1.165) is 24.3 Å². The lowest BCUT2D eigenvalue weighted by Gasteiger charge is -2.11. The van der Waals surface area contributed by atoms with E-state index in [1.165, 1.54) is 6.07 Å². The highest BCUT2D eigenvalue weighted by Crippen LogP contribution is 2.35. The molecule has 6 nitrogen and oxygen atoms in total. The summed E-state index contributed by atoms with van der Waals surface area (Å²) in [6.45, 7) is 0. The van der Waals surface area contributed by atoms with Gasteiger partial charge in [0.2, 0.25) is 0 Å². The van der Waals surface area contributed by atoms with Crippen molar-refractivity contribution in [3.8, 4) is 17.6 Å². The van der Waals surface area contributed by atoms with Crippen LogP contribution in [-0.4, -0.2) is 4.92 Å². The van der Waals surface area contributed by atoms with Gasteiger partial charge < -0.3 is 10.5 Å². The second-order valence-electron chi connectivity index (χ2n) is 4.40. The lowest BCUT2D eigenvalue weighted by Crippen LogP contribution is -2.05. The predicted octanol–water partition coefficient (Wildman–Crippen LogP) is 3.86. The molecule has 0 saturated heterocycles. The van der Waals surface area contributed by atoms with Crippen LogP contribution in [0, 0.1) is 21.4 Å². The Hall–Kier alpha value is -3.28. The van der Waals surface area contributed by atoms with Gasteiger partial charge in [-0.2, -0.15) is 18.4 Å². The summed E-state index contributed by atoms with van der Waals surface area (Å²) in [6, 6.07) is 7.51. The van der Waals surface area contributed by atoms with Gasteiger partial charge in [0.05, 0.1) is 16.1 Å². The van der Waals surface area contributed by atoms with E-state index in [1.807, 2.05) is 0 Å². The number of halogens is 3. The molecule has 0 spiro atoms. The fraction of sp³-hybridized carbons (Fsp3) is 0.0714. The van der Waals surface area contributed by atoms with E-state index in [-0.39, 0.29) is 28.4 Å². The quantitative estimate of drug-likeness (QED) is 0.525. The van der Waals surface area contributed by atoms with Crippen LogP contribution in [0.3, 0.4) is 0 Å². The highest BCUT2D eigenvalue weighted by atomic mass is 19.4. The zero-order valence-corrected chi connectivity index (χ0v) is 11.3. The Labute approximate surface area is 127 Å². The Morgan fingerprint density at radius 2 is 1.91 bits per heavy atom. The molecular formula is C14H8F3N3O3. The molecule has 0 amide bonds. The first-order valence-electron chi connectivity index (χ1n) is 6.05. The van der Waals surface area contributed by atoms with E-state index in [9.17, 15) is 23.3 Å². The first-order chi connectivity index (χ1) is 10.7. The smallest absolute Gasteiger partial charge is 0.416 e. The van der Waals surface area contributed by atoms with Gasteiger partial charge in [-0.05, 0) is 24.3 Å². The largest absolute Gasteiger partial charge is 0.456 e. The molecule has 0 bridgehead atoms. The lowest BCUT2D eigenvalue weighted by atomic mass is 10.1. The minimum atomic E-state index is -4.58. The molecule has 118 valence electrons. The molecular weight excluding hydrogens is 315 g/mol. The van der Waals surface area contributed by atoms with E-state index in [0.29, 0.717) is 6.07 Å². The molecule has 0 heterocycles. The van der Waals surface area contributed by atoms with Crippen LogP contribution in [-0.2, 0) is 6.18 Å². The average molecular weight is 323 g/mol. The van der Waals surface area contributed by atoms with Gasteiger partial charge in [-0.25, -0.2) is 0 Å². The average Bonchev–Trinajstić information content (AvgIpc) is 2.46. The SMILES string of the molecule is N#Cc1cc(C(F)(F)F)ccc1Oc1ccc([N+](=O)[O-])c(N)c1. The number of hydrogen-bond acceptors (Lipinski definition) is 5. The topological polar surface area (TPSA) is 102 Å². The van der Waals surface area contributed by atoms with Crippen LogP contribution in [0.4, 0.5) is 24.5 Å². The molecule has 0 aliphatic carbocycles. The van der Waals surface area contributed by atoms with Gasteiger partial charge in [0, 0.05) is 12.1 Å². The van der Waals surface area contributed by atoms with E-state index in [4.69, 9.17) is 15.7 Å². The fourth-order valence-corrected chi connectivity index (χ4v) is 1.77. The minimum absolute atomic E-state index is 0.0596. The van der Waals surface area contributed by atoms with Crippen molar-refractivity contribution in [2.24, 2.45) is 0 Å². The summed E-state index contributed by atoms with van der Waals surface area (Å²) in [6.07, 6.45) is -4.58. The second-order valence-corrected chi connectivity index (χ2v) is 4.40. The molecule has 0 unspecified atom stereocenters. The molecule has 0 atom stereocenters. The number of alkyl halides is 3. The van der Waals surface area contributed by atoms with Crippen molar-refractivity contribution >= 4 is 11.4 Å². The second kappa shape index (κ2) is 5.84.